The van der Waals surface area contributed by atoms with Crippen molar-refractivity contribution in [3.05, 3.63) is 35.4 Å². The van der Waals surface area contributed by atoms with Crippen LogP contribution in [-0.2, 0) is 22.4 Å². The molecule has 0 spiro atoms. The van der Waals surface area contributed by atoms with Gasteiger partial charge in [-0.2, -0.15) is 0 Å². The van der Waals surface area contributed by atoms with Crippen molar-refractivity contribution in [3.8, 4) is 0 Å². The van der Waals surface area contributed by atoms with Gasteiger partial charge in [-0.05, 0) is 24.5 Å². The Balaban J connectivity index is 2.64. The number of sulfonamides is 1. The predicted molar refractivity (Wildman–Crippen MR) is 72.5 cm³/mol. The van der Waals surface area contributed by atoms with Gasteiger partial charge in [-0.3, -0.25) is 0 Å². The van der Waals surface area contributed by atoms with Gasteiger partial charge in [-0.15, -0.1) is 0 Å². The summed E-state index contributed by atoms with van der Waals surface area (Å²) < 4.78 is 26.4. The lowest BCUT2D eigenvalue weighted by molar-refractivity contribution is 0.282. The lowest BCUT2D eigenvalue weighted by Crippen LogP contribution is -2.33. The molecule has 5 heteroatoms. The molecule has 0 radical (unpaired) electrons. The molecular weight excluding hydrogens is 250 g/mol. The van der Waals surface area contributed by atoms with Crippen LogP contribution in [0.2, 0.25) is 0 Å². The summed E-state index contributed by atoms with van der Waals surface area (Å²) in [5, 5.41) is 8.91. The maximum Gasteiger partial charge on any atom is 0.216 e. The van der Waals surface area contributed by atoms with E-state index in [1.54, 1.807) is 24.3 Å². The lowest BCUT2D eigenvalue weighted by Gasteiger charge is -2.13. The summed E-state index contributed by atoms with van der Waals surface area (Å²) in [5.74, 6) is -0.0211. The van der Waals surface area contributed by atoms with Gasteiger partial charge in [0.15, 0.2) is 0 Å². The molecule has 2 N–H and O–H groups in total. The number of aliphatic hydroxyl groups is 1. The molecule has 0 aliphatic carbocycles. The Morgan fingerprint density at radius 1 is 1.22 bits per heavy atom. The summed E-state index contributed by atoms with van der Waals surface area (Å²) in [4.78, 5) is 0. The third kappa shape index (κ3) is 5.16. The molecular formula is C13H21NO3S. The molecule has 4 nitrogen and oxygen atoms in total. The highest BCUT2D eigenvalue weighted by atomic mass is 32.2. The molecule has 0 aromatic heterocycles. The van der Waals surface area contributed by atoms with E-state index in [1.165, 1.54) is 0 Å². The first-order valence-corrected chi connectivity index (χ1v) is 7.80. The molecule has 1 aromatic rings. The molecule has 0 aliphatic heterocycles. The van der Waals surface area contributed by atoms with Gasteiger partial charge in [-0.1, -0.05) is 37.6 Å². The predicted octanol–water partition coefficient (Wildman–Crippen LogP) is 1.79. The molecule has 0 aliphatic rings. The van der Waals surface area contributed by atoms with Crippen LogP contribution in [0.25, 0.3) is 0 Å². The summed E-state index contributed by atoms with van der Waals surface area (Å²) in [6.07, 6.45) is 1.79. The van der Waals surface area contributed by atoms with E-state index in [9.17, 15) is 8.42 Å². The SMILES string of the molecule is CCCC(C)NS(=O)(=O)Cc1ccc(CO)cc1. The highest BCUT2D eigenvalue weighted by Gasteiger charge is 2.14. The molecule has 1 unspecified atom stereocenters. The molecule has 102 valence electrons. The lowest BCUT2D eigenvalue weighted by atomic mass is 10.2. The summed E-state index contributed by atoms with van der Waals surface area (Å²) in [6, 6.07) is 6.90. The van der Waals surface area contributed by atoms with Gasteiger partial charge >= 0.3 is 0 Å². The van der Waals surface area contributed by atoms with Crippen molar-refractivity contribution in [2.24, 2.45) is 0 Å². The van der Waals surface area contributed by atoms with Crippen LogP contribution in [-0.4, -0.2) is 19.6 Å². The third-order valence-corrected chi connectivity index (χ3v) is 4.14. The van der Waals surface area contributed by atoms with Gasteiger partial charge in [0.2, 0.25) is 10.0 Å². The van der Waals surface area contributed by atoms with Crippen LogP contribution in [0, 0.1) is 0 Å². The Morgan fingerprint density at radius 3 is 2.28 bits per heavy atom. The minimum Gasteiger partial charge on any atom is -0.392 e. The first kappa shape index (κ1) is 15.1. The van der Waals surface area contributed by atoms with Crippen LogP contribution in [0.1, 0.15) is 37.8 Å². The summed E-state index contributed by atoms with van der Waals surface area (Å²) in [5.41, 5.74) is 1.51. The van der Waals surface area contributed by atoms with E-state index < -0.39 is 10.0 Å². The Kier molecular flexibility index (Phi) is 5.78. The van der Waals surface area contributed by atoms with Crippen LogP contribution in [0.3, 0.4) is 0 Å². The summed E-state index contributed by atoms with van der Waals surface area (Å²) in [7, 11) is -3.29. The zero-order valence-corrected chi connectivity index (χ0v) is 11.7. The largest absolute Gasteiger partial charge is 0.392 e. The Bertz CT molecular complexity index is 454. The highest BCUT2D eigenvalue weighted by Crippen LogP contribution is 2.09. The average molecular weight is 271 g/mol. The van der Waals surface area contributed by atoms with Crippen molar-refractivity contribution < 1.29 is 13.5 Å². The fraction of sp³-hybridized carbons (Fsp3) is 0.538. The minimum atomic E-state index is -3.29. The molecule has 1 rings (SSSR count). The van der Waals surface area contributed by atoms with Gasteiger partial charge in [0.25, 0.3) is 0 Å². The molecule has 0 saturated heterocycles. The number of hydrogen-bond donors (Lipinski definition) is 2. The standard InChI is InChI=1S/C13H21NO3S/c1-3-4-11(2)14-18(16,17)10-13-7-5-12(9-15)6-8-13/h5-8,11,14-15H,3-4,9-10H2,1-2H3. The second-order valence-corrected chi connectivity index (χ2v) is 6.30. The molecule has 0 bridgehead atoms. The van der Waals surface area contributed by atoms with E-state index in [1.807, 2.05) is 13.8 Å². The summed E-state index contributed by atoms with van der Waals surface area (Å²) in [6.45, 7) is 3.87. The number of rotatable bonds is 7. The Labute approximate surface area is 109 Å². The molecule has 0 fully saturated rings. The Hall–Kier alpha value is -0.910. The number of benzene rings is 1. The van der Waals surface area contributed by atoms with E-state index in [4.69, 9.17) is 5.11 Å². The summed E-state index contributed by atoms with van der Waals surface area (Å²) >= 11 is 0. The maximum atomic E-state index is 11.9. The van der Waals surface area contributed by atoms with Crippen LogP contribution >= 0.6 is 0 Å². The highest BCUT2D eigenvalue weighted by molar-refractivity contribution is 7.88. The molecule has 0 heterocycles. The zero-order chi connectivity index (χ0) is 13.6. The van der Waals surface area contributed by atoms with Crippen molar-refractivity contribution in [1.82, 2.24) is 4.72 Å². The fourth-order valence-electron chi connectivity index (χ4n) is 1.80. The second kappa shape index (κ2) is 6.87. The minimum absolute atomic E-state index is 0.0211. The smallest absolute Gasteiger partial charge is 0.216 e. The van der Waals surface area contributed by atoms with Crippen molar-refractivity contribution in [3.63, 3.8) is 0 Å². The van der Waals surface area contributed by atoms with E-state index >= 15 is 0 Å². The van der Waals surface area contributed by atoms with Crippen LogP contribution < -0.4 is 4.72 Å². The van der Waals surface area contributed by atoms with Crippen LogP contribution in [0.4, 0.5) is 0 Å². The van der Waals surface area contributed by atoms with Gasteiger partial charge in [0, 0.05) is 6.04 Å². The van der Waals surface area contributed by atoms with E-state index in [0.29, 0.717) is 0 Å². The second-order valence-electron chi connectivity index (χ2n) is 4.54. The maximum absolute atomic E-state index is 11.9. The van der Waals surface area contributed by atoms with Gasteiger partial charge < -0.3 is 5.11 Å². The number of nitrogens with one attached hydrogen (secondary N) is 1. The first-order chi connectivity index (χ1) is 8.46. The van der Waals surface area contributed by atoms with Gasteiger partial charge in [0.05, 0.1) is 12.4 Å². The zero-order valence-electron chi connectivity index (χ0n) is 10.9. The molecule has 1 aromatic carbocycles. The molecule has 1 atom stereocenters. The van der Waals surface area contributed by atoms with E-state index in [2.05, 4.69) is 4.72 Å². The molecule has 0 amide bonds. The van der Waals surface area contributed by atoms with Crippen molar-refractivity contribution >= 4 is 10.0 Å². The van der Waals surface area contributed by atoms with E-state index in [0.717, 1.165) is 24.0 Å². The fourth-order valence-corrected chi connectivity index (χ4v) is 3.25. The van der Waals surface area contributed by atoms with Gasteiger partial charge in [0.1, 0.15) is 0 Å². The molecule has 0 saturated carbocycles. The number of hydrogen-bond acceptors (Lipinski definition) is 3. The van der Waals surface area contributed by atoms with Crippen molar-refractivity contribution in [2.45, 2.75) is 45.1 Å². The van der Waals surface area contributed by atoms with Gasteiger partial charge in [-0.25, -0.2) is 13.1 Å². The average Bonchev–Trinajstić information content (AvgIpc) is 2.29. The van der Waals surface area contributed by atoms with Crippen molar-refractivity contribution in [2.75, 3.05) is 0 Å². The topological polar surface area (TPSA) is 66.4 Å². The number of aliphatic hydroxyl groups excluding tert-OH is 1. The molecule has 18 heavy (non-hydrogen) atoms. The van der Waals surface area contributed by atoms with Crippen molar-refractivity contribution in [1.29, 1.82) is 0 Å². The third-order valence-electron chi connectivity index (χ3n) is 2.66. The van der Waals surface area contributed by atoms with Crippen LogP contribution in [0.5, 0.6) is 0 Å². The first-order valence-electron chi connectivity index (χ1n) is 6.15. The Morgan fingerprint density at radius 2 is 1.78 bits per heavy atom. The van der Waals surface area contributed by atoms with Crippen LogP contribution in [0.15, 0.2) is 24.3 Å². The normalized spacial score (nSPS) is 13.5. The quantitative estimate of drug-likeness (QED) is 0.794. The monoisotopic (exact) mass is 271 g/mol. The van der Waals surface area contributed by atoms with E-state index in [-0.39, 0.29) is 18.4 Å².